The summed E-state index contributed by atoms with van der Waals surface area (Å²) in [4.78, 5) is 18.2. The summed E-state index contributed by atoms with van der Waals surface area (Å²) in [6, 6.07) is 8.17. The van der Waals surface area contributed by atoms with Crippen LogP contribution in [0.2, 0.25) is 0 Å². The van der Waals surface area contributed by atoms with Gasteiger partial charge in [0.1, 0.15) is 17.0 Å². The third-order valence-electron chi connectivity index (χ3n) is 3.29. The molecule has 0 unspecified atom stereocenters. The summed E-state index contributed by atoms with van der Waals surface area (Å²) in [7, 11) is 0. The first-order valence-electron chi connectivity index (χ1n) is 6.31. The molecule has 1 aromatic carbocycles. The Hall–Kier alpha value is -2.01. The zero-order chi connectivity index (χ0) is 13.2. The number of nitrogens with zero attached hydrogens (tertiary/aromatic N) is 2. The Labute approximate surface area is 110 Å². The quantitative estimate of drug-likeness (QED) is 0.842. The van der Waals surface area contributed by atoms with Gasteiger partial charge in [-0.05, 0) is 12.1 Å². The molecule has 1 saturated heterocycles. The lowest BCUT2D eigenvalue weighted by atomic mass is 10.2. The third-order valence-corrected chi connectivity index (χ3v) is 3.29. The number of amides is 1. The number of carbonyl (C=O) groups excluding carboxylic acids is 1. The molecule has 0 spiro atoms. The molecular weight excluding hydrogens is 245 g/mol. The molecule has 1 aromatic heterocycles. The maximum Gasteiger partial charge on any atom is 0.272 e. The van der Waals surface area contributed by atoms with Crippen molar-refractivity contribution in [3.8, 4) is 0 Å². The highest BCUT2D eigenvalue weighted by atomic mass is 19.1. The normalized spacial score (nSPS) is 15.7. The molecule has 2 aromatic rings. The van der Waals surface area contributed by atoms with Crippen LogP contribution in [0.25, 0.3) is 10.9 Å². The first-order chi connectivity index (χ1) is 9.25. The topological polar surface area (TPSA) is 45.2 Å². The van der Waals surface area contributed by atoms with E-state index in [1.807, 2.05) is 0 Å². The minimum Gasteiger partial charge on any atom is -0.335 e. The Morgan fingerprint density at radius 1 is 1.21 bits per heavy atom. The number of carbonyl (C=O) groups is 1. The smallest absolute Gasteiger partial charge is 0.272 e. The number of pyridine rings is 1. The van der Waals surface area contributed by atoms with E-state index in [0.29, 0.717) is 24.2 Å². The van der Waals surface area contributed by atoms with Gasteiger partial charge in [0.25, 0.3) is 5.91 Å². The van der Waals surface area contributed by atoms with E-state index >= 15 is 0 Å². The van der Waals surface area contributed by atoms with E-state index in [-0.39, 0.29) is 11.4 Å². The van der Waals surface area contributed by atoms with E-state index in [4.69, 9.17) is 0 Å². The Kier molecular flexibility index (Phi) is 3.13. The lowest BCUT2D eigenvalue weighted by molar-refractivity contribution is 0.0730. The van der Waals surface area contributed by atoms with Gasteiger partial charge in [-0.2, -0.15) is 0 Å². The van der Waals surface area contributed by atoms with Gasteiger partial charge in [-0.1, -0.05) is 18.2 Å². The van der Waals surface area contributed by atoms with E-state index in [9.17, 15) is 9.18 Å². The van der Waals surface area contributed by atoms with Gasteiger partial charge in [0, 0.05) is 31.6 Å². The maximum absolute atomic E-state index is 13.7. The molecule has 3 rings (SSSR count). The van der Waals surface area contributed by atoms with Crippen LogP contribution in [0.1, 0.15) is 10.5 Å². The van der Waals surface area contributed by atoms with Crippen molar-refractivity contribution in [2.75, 3.05) is 26.2 Å². The average molecular weight is 259 g/mol. The second-order valence-corrected chi connectivity index (χ2v) is 4.55. The molecule has 1 aliphatic heterocycles. The van der Waals surface area contributed by atoms with E-state index in [1.54, 1.807) is 29.2 Å². The van der Waals surface area contributed by atoms with Crippen LogP contribution in [0, 0.1) is 5.82 Å². The number of rotatable bonds is 1. The van der Waals surface area contributed by atoms with Gasteiger partial charge in [0.2, 0.25) is 0 Å². The fraction of sp³-hybridized carbons (Fsp3) is 0.286. The van der Waals surface area contributed by atoms with Crippen LogP contribution in [0.4, 0.5) is 4.39 Å². The van der Waals surface area contributed by atoms with Crippen LogP contribution >= 0.6 is 0 Å². The molecule has 5 heteroatoms. The summed E-state index contributed by atoms with van der Waals surface area (Å²) in [6.45, 7) is 2.90. The number of hydrogen-bond acceptors (Lipinski definition) is 3. The van der Waals surface area contributed by atoms with Gasteiger partial charge < -0.3 is 10.2 Å². The molecule has 0 bridgehead atoms. The van der Waals surface area contributed by atoms with Crippen LogP contribution in [0.15, 0.2) is 30.3 Å². The molecule has 0 radical (unpaired) electrons. The monoisotopic (exact) mass is 259 g/mol. The molecule has 4 nitrogen and oxygen atoms in total. The minimum atomic E-state index is -0.396. The van der Waals surface area contributed by atoms with Crippen LogP contribution in [0.5, 0.6) is 0 Å². The highest BCUT2D eigenvalue weighted by molar-refractivity contribution is 5.95. The number of piperazine rings is 1. The van der Waals surface area contributed by atoms with Crippen LogP contribution in [-0.4, -0.2) is 42.0 Å². The molecule has 1 amide bonds. The van der Waals surface area contributed by atoms with Crippen molar-refractivity contribution in [2.45, 2.75) is 0 Å². The van der Waals surface area contributed by atoms with Gasteiger partial charge in [-0.25, -0.2) is 9.37 Å². The SMILES string of the molecule is O=C(c1ccc2cccc(F)c2n1)N1CCNCC1. The summed E-state index contributed by atoms with van der Waals surface area (Å²) < 4.78 is 13.7. The lowest BCUT2D eigenvalue weighted by Gasteiger charge is -2.27. The Balaban J connectivity index is 1.96. The van der Waals surface area contributed by atoms with E-state index in [2.05, 4.69) is 10.3 Å². The largest absolute Gasteiger partial charge is 0.335 e. The molecule has 1 N–H and O–H groups in total. The third kappa shape index (κ3) is 2.29. The van der Waals surface area contributed by atoms with Crippen molar-refractivity contribution in [1.29, 1.82) is 0 Å². The van der Waals surface area contributed by atoms with Gasteiger partial charge in [0.05, 0.1) is 0 Å². The molecule has 0 saturated carbocycles. The van der Waals surface area contributed by atoms with E-state index < -0.39 is 5.82 Å². The predicted molar refractivity (Wildman–Crippen MR) is 70.5 cm³/mol. The van der Waals surface area contributed by atoms with Gasteiger partial charge in [-0.15, -0.1) is 0 Å². The van der Waals surface area contributed by atoms with Gasteiger partial charge in [-0.3, -0.25) is 4.79 Å². The molecular formula is C14H14FN3O. The highest BCUT2D eigenvalue weighted by Gasteiger charge is 2.19. The second kappa shape index (κ2) is 4.93. The number of fused-ring (bicyclic) bond motifs is 1. The fourth-order valence-electron chi connectivity index (χ4n) is 2.26. The second-order valence-electron chi connectivity index (χ2n) is 4.55. The number of hydrogen-bond donors (Lipinski definition) is 1. The molecule has 98 valence electrons. The van der Waals surface area contributed by atoms with Crippen LogP contribution < -0.4 is 5.32 Å². The van der Waals surface area contributed by atoms with Crippen LogP contribution in [0.3, 0.4) is 0 Å². The number of para-hydroxylation sites is 1. The van der Waals surface area contributed by atoms with Gasteiger partial charge in [0.15, 0.2) is 0 Å². The highest BCUT2D eigenvalue weighted by Crippen LogP contribution is 2.16. The van der Waals surface area contributed by atoms with Crippen molar-refractivity contribution < 1.29 is 9.18 Å². The van der Waals surface area contributed by atoms with Crippen molar-refractivity contribution >= 4 is 16.8 Å². The fourth-order valence-corrected chi connectivity index (χ4v) is 2.26. The Morgan fingerprint density at radius 2 is 2.00 bits per heavy atom. The van der Waals surface area contributed by atoms with E-state index in [0.717, 1.165) is 13.1 Å². The zero-order valence-electron chi connectivity index (χ0n) is 10.4. The van der Waals surface area contributed by atoms with Crippen molar-refractivity contribution in [3.63, 3.8) is 0 Å². The molecule has 0 atom stereocenters. The van der Waals surface area contributed by atoms with Crippen molar-refractivity contribution in [1.82, 2.24) is 15.2 Å². The average Bonchev–Trinajstić information content (AvgIpc) is 2.47. The van der Waals surface area contributed by atoms with Crippen molar-refractivity contribution in [2.24, 2.45) is 0 Å². The summed E-state index contributed by atoms with van der Waals surface area (Å²) in [5.41, 5.74) is 0.558. The van der Waals surface area contributed by atoms with Crippen LogP contribution in [-0.2, 0) is 0 Å². The zero-order valence-corrected chi connectivity index (χ0v) is 10.4. The molecule has 19 heavy (non-hydrogen) atoms. The van der Waals surface area contributed by atoms with E-state index in [1.165, 1.54) is 6.07 Å². The summed E-state index contributed by atoms with van der Waals surface area (Å²) >= 11 is 0. The Bertz CT molecular complexity index is 623. The Morgan fingerprint density at radius 3 is 2.79 bits per heavy atom. The predicted octanol–water partition coefficient (Wildman–Crippen LogP) is 1.42. The standard InChI is InChI=1S/C14H14FN3O/c15-11-3-1-2-10-4-5-12(17-13(10)11)14(19)18-8-6-16-7-9-18/h1-5,16H,6-9H2. The summed E-state index contributed by atoms with van der Waals surface area (Å²) in [5.74, 6) is -0.529. The molecule has 1 fully saturated rings. The lowest BCUT2D eigenvalue weighted by Crippen LogP contribution is -2.46. The van der Waals surface area contributed by atoms with Crippen molar-refractivity contribution in [3.05, 3.63) is 41.8 Å². The number of aromatic nitrogens is 1. The first kappa shape index (κ1) is 12.0. The minimum absolute atomic E-state index is 0.133. The molecule has 2 heterocycles. The number of nitrogens with one attached hydrogen (secondary N) is 1. The maximum atomic E-state index is 13.7. The summed E-state index contributed by atoms with van der Waals surface area (Å²) in [5, 5.41) is 3.89. The molecule has 0 aliphatic carbocycles. The number of benzene rings is 1. The first-order valence-corrected chi connectivity index (χ1v) is 6.31. The molecule has 1 aliphatic rings. The van der Waals surface area contributed by atoms with Gasteiger partial charge >= 0.3 is 0 Å². The summed E-state index contributed by atoms with van der Waals surface area (Å²) in [6.07, 6.45) is 0. The number of halogens is 1.